The van der Waals surface area contributed by atoms with E-state index in [4.69, 9.17) is 0 Å². The van der Waals surface area contributed by atoms with Crippen LogP contribution in [-0.2, 0) is 0 Å². The lowest BCUT2D eigenvalue weighted by atomic mass is 9.65. The molecule has 0 aliphatic rings. The zero-order valence-corrected chi connectivity index (χ0v) is 9.28. The van der Waals surface area contributed by atoms with Crippen LogP contribution in [0.3, 0.4) is 0 Å². The standard InChI is InChI=1S/C11H24/c1-9(2)8-11(6,7)10(3,4)5/h9H,8H2,1-7H3. The summed E-state index contributed by atoms with van der Waals surface area (Å²) in [5.74, 6) is 0.809. The molecule has 0 heteroatoms. The molecular weight excluding hydrogens is 132 g/mol. The first kappa shape index (κ1) is 11.0. The van der Waals surface area contributed by atoms with Crippen LogP contribution in [0.5, 0.6) is 0 Å². The van der Waals surface area contributed by atoms with Crippen molar-refractivity contribution < 1.29 is 0 Å². The Bertz CT molecular complexity index is 112. The first-order valence-electron chi connectivity index (χ1n) is 4.67. The summed E-state index contributed by atoms with van der Waals surface area (Å²) in [6.07, 6.45) is 1.32. The molecule has 0 spiro atoms. The Labute approximate surface area is 72.4 Å². The second-order valence-electron chi connectivity index (χ2n) is 5.73. The van der Waals surface area contributed by atoms with Gasteiger partial charge in [0.2, 0.25) is 0 Å². The van der Waals surface area contributed by atoms with E-state index in [9.17, 15) is 0 Å². The lowest BCUT2D eigenvalue weighted by Crippen LogP contribution is -2.30. The van der Waals surface area contributed by atoms with Gasteiger partial charge in [-0.1, -0.05) is 48.5 Å². The molecule has 0 aromatic carbocycles. The summed E-state index contributed by atoms with van der Waals surface area (Å²) in [4.78, 5) is 0. The average Bonchev–Trinajstić information content (AvgIpc) is 1.56. The maximum atomic E-state index is 2.37. The Hall–Kier alpha value is 0. The van der Waals surface area contributed by atoms with E-state index in [1.54, 1.807) is 0 Å². The molecule has 0 saturated heterocycles. The van der Waals surface area contributed by atoms with Crippen molar-refractivity contribution in [1.29, 1.82) is 0 Å². The third-order valence-corrected chi connectivity index (χ3v) is 2.95. The Morgan fingerprint density at radius 3 is 1.36 bits per heavy atom. The molecule has 0 aromatic rings. The summed E-state index contributed by atoms with van der Waals surface area (Å²) in [5.41, 5.74) is 0.887. The van der Waals surface area contributed by atoms with E-state index < -0.39 is 0 Å². The summed E-state index contributed by atoms with van der Waals surface area (Å²) in [6, 6.07) is 0. The molecule has 0 saturated carbocycles. The maximum Gasteiger partial charge on any atom is -0.0303 e. The van der Waals surface area contributed by atoms with Crippen LogP contribution in [-0.4, -0.2) is 0 Å². The predicted octanol–water partition coefficient (Wildman–Crippen LogP) is 4.10. The fourth-order valence-corrected chi connectivity index (χ4v) is 1.33. The van der Waals surface area contributed by atoms with E-state index in [1.165, 1.54) is 6.42 Å². The summed E-state index contributed by atoms with van der Waals surface area (Å²) in [5, 5.41) is 0. The molecule has 0 bridgehead atoms. The van der Waals surface area contributed by atoms with Gasteiger partial charge in [-0.2, -0.15) is 0 Å². The summed E-state index contributed by atoms with van der Waals surface area (Å²) in [6.45, 7) is 16.3. The lowest BCUT2D eigenvalue weighted by Gasteiger charge is -2.40. The summed E-state index contributed by atoms with van der Waals surface area (Å²) < 4.78 is 0. The molecule has 68 valence electrons. The smallest absolute Gasteiger partial charge is 0.0303 e. The molecule has 0 nitrogen and oxygen atoms in total. The van der Waals surface area contributed by atoms with Gasteiger partial charge < -0.3 is 0 Å². The largest absolute Gasteiger partial charge is 0.0628 e. The zero-order valence-electron chi connectivity index (χ0n) is 9.28. The molecule has 0 amide bonds. The number of hydrogen-bond donors (Lipinski definition) is 0. The second-order valence-corrected chi connectivity index (χ2v) is 5.73. The maximum absolute atomic E-state index is 2.37. The molecule has 0 atom stereocenters. The van der Waals surface area contributed by atoms with E-state index in [2.05, 4.69) is 48.5 Å². The molecule has 0 aliphatic carbocycles. The Balaban J connectivity index is 4.22. The minimum atomic E-state index is 0.428. The minimum Gasteiger partial charge on any atom is -0.0628 e. The highest BCUT2D eigenvalue weighted by Crippen LogP contribution is 2.42. The van der Waals surface area contributed by atoms with Crippen LogP contribution in [0.4, 0.5) is 0 Å². The van der Waals surface area contributed by atoms with Gasteiger partial charge in [0.05, 0.1) is 0 Å². The molecule has 0 unspecified atom stereocenters. The van der Waals surface area contributed by atoms with E-state index in [1.807, 2.05) is 0 Å². The van der Waals surface area contributed by atoms with Crippen molar-refractivity contribution in [2.75, 3.05) is 0 Å². The van der Waals surface area contributed by atoms with Gasteiger partial charge in [0.1, 0.15) is 0 Å². The van der Waals surface area contributed by atoms with Crippen LogP contribution < -0.4 is 0 Å². The highest BCUT2D eigenvalue weighted by molar-refractivity contribution is 4.82. The van der Waals surface area contributed by atoms with Gasteiger partial charge in [0, 0.05) is 0 Å². The van der Waals surface area contributed by atoms with Crippen molar-refractivity contribution in [3.05, 3.63) is 0 Å². The summed E-state index contributed by atoms with van der Waals surface area (Å²) >= 11 is 0. The van der Waals surface area contributed by atoms with Crippen LogP contribution in [0, 0.1) is 16.7 Å². The third-order valence-electron chi connectivity index (χ3n) is 2.95. The zero-order chi connectivity index (χ0) is 9.28. The van der Waals surface area contributed by atoms with E-state index in [0.717, 1.165) is 5.92 Å². The molecule has 0 fully saturated rings. The van der Waals surface area contributed by atoms with Crippen molar-refractivity contribution in [3.63, 3.8) is 0 Å². The number of hydrogen-bond acceptors (Lipinski definition) is 0. The van der Waals surface area contributed by atoms with Crippen molar-refractivity contribution in [2.24, 2.45) is 16.7 Å². The minimum absolute atomic E-state index is 0.428. The van der Waals surface area contributed by atoms with Gasteiger partial charge in [-0.15, -0.1) is 0 Å². The first-order valence-corrected chi connectivity index (χ1v) is 4.67. The van der Waals surface area contributed by atoms with Gasteiger partial charge in [-0.3, -0.25) is 0 Å². The normalized spacial score (nSPS) is 14.2. The second kappa shape index (κ2) is 3.16. The molecule has 0 radical (unpaired) electrons. The number of rotatable bonds is 2. The van der Waals surface area contributed by atoms with Crippen LogP contribution >= 0.6 is 0 Å². The van der Waals surface area contributed by atoms with Crippen molar-refractivity contribution in [1.82, 2.24) is 0 Å². The molecule has 0 heterocycles. The monoisotopic (exact) mass is 156 g/mol. The highest BCUT2D eigenvalue weighted by Gasteiger charge is 2.32. The SMILES string of the molecule is CC(C)CC(C)(C)C(C)(C)C. The van der Waals surface area contributed by atoms with Crippen molar-refractivity contribution >= 4 is 0 Å². The van der Waals surface area contributed by atoms with Gasteiger partial charge in [0.25, 0.3) is 0 Å². The first-order chi connectivity index (χ1) is 4.67. The Morgan fingerprint density at radius 1 is 0.909 bits per heavy atom. The van der Waals surface area contributed by atoms with Gasteiger partial charge >= 0.3 is 0 Å². The fourth-order valence-electron chi connectivity index (χ4n) is 1.33. The quantitative estimate of drug-likeness (QED) is 0.564. The van der Waals surface area contributed by atoms with Crippen LogP contribution in [0.2, 0.25) is 0 Å². The Morgan fingerprint density at radius 2 is 1.27 bits per heavy atom. The Kier molecular flexibility index (Phi) is 3.16. The topological polar surface area (TPSA) is 0 Å². The van der Waals surface area contributed by atoms with E-state index in [0.29, 0.717) is 10.8 Å². The molecule has 11 heavy (non-hydrogen) atoms. The molecule has 0 rings (SSSR count). The summed E-state index contributed by atoms with van der Waals surface area (Å²) in [7, 11) is 0. The van der Waals surface area contributed by atoms with Crippen LogP contribution in [0.15, 0.2) is 0 Å². The predicted molar refractivity (Wildman–Crippen MR) is 52.7 cm³/mol. The van der Waals surface area contributed by atoms with Gasteiger partial charge in [0.15, 0.2) is 0 Å². The van der Waals surface area contributed by atoms with Crippen molar-refractivity contribution in [3.8, 4) is 0 Å². The lowest BCUT2D eigenvalue weighted by molar-refractivity contribution is 0.102. The fraction of sp³-hybridized carbons (Fsp3) is 1.00. The van der Waals surface area contributed by atoms with E-state index >= 15 is 0 Å². The third kappa shape index (κ3) is 3.27. The molecule has 0 aliphatic heterocycles. The van der Waals surface area contributed by atoms with Gasteiger partial charge in [-0.25, -0.2) is 0 Å². The molecule has 0 N–H and O–H groups in total. The van der Waals surface area contributed by atoms with E-state index in [-0.39, 0.29) is 0 Å². The average molecular weight is 156 g/mol. The van der Waals surface area contributed by atoms with Crippen LogP contribution in [0.1, 0.15) is 54.9 Å². The molecule has 0 aromatic heterocycles. The highest BCUT2D eigenvalue weighted by atomic mass is 14.4. The van der Waals surface area contributed by atoms with Crippen molar-refractivity contribution in [2.45, 2.75) is 54.9 Å². The molecular formula is C11H24. The van der Waals surface area contributed by atoms with Crippen LogP contribution in [0.25, 0.3) is 0 Å². The van der Waals surface area contributed by atoms with Gasteiger partial charge in [-0.05, 0) is 23.2 Å².